The first kappa shape index (κ1) is 14.1. The molecule has 0 saturated carbocycles. The monoisotopic (exact) mass is 215 g/mol. The zero-order valence-corrected chi connectivity index (χ0v) is 9.75. The first-order valence-electron chi connectivity index (χ1n) is 5.31. The van der Waals surface area contributed by atoms with E-state index in [2.05, 4.69) is 10.1 Å². The number of methoxy groups -OCH3 is 1. The highest BCUT2D eigenvalue weighted by atomic mass is 16.5. The maximum absolute atomic E-state index is 11.2. The third kappa shape index (κ3) is 5.54. The molecule has 15 heavy (non-hydrogen) atoms. The molecule has 88 valence electrons. The van der Waals surface area contributed by atoms with Crippen molar-refractivity contribution in [2.45, 2.75) is 32.7 Å². The molecule has 0 radical (unpaired) electrons. The van der Waals surface area contributed by atoms with E-state index in [9.17, 15) is 4.79 Å². The molecule has 0 aromatic rings. The summed E-state index contributed by atoms with van der Waals surface area (Å²) in [6.07, 6.45) is 3.33. The molecule has 0 aliphatic rings. The summed E-state index contributed by atoms with van der Waals surface area (Å²) in [4.78, 5) is 11.2. The molecule has 1 unspecified atom stereocenters. The number of rotatable bonds is 7. The largest absolute Gasteiger partial charge is 0.466 e. The minimum absolute atomic E-state index is 0.0944. The fourth-order valence-corrected chi connectivity index (χ4v) is 1.19. The molecule has 0 heterocycles. The second-order valence-electron chi connectivity index (χ2n) is 3.27. The van der Waals surface area contributed by atoms with Gasteiger partial charge in [0.1, 0.15) is 0 Å². The highest BCUT2D eigenvalue weighted by Gasteiger charge is 2.06. The number of aliphatic hydroxyl groups is 1. The standard InChI is InChI=1S/C11H21NO3/c1-4-9(11(14)15-3)6-7-12-10(5-2)8-13/h6,10,12-13H,4-5,7-8H2,1-3H3/b9-6-. The fourth-order valence-electron chi connectivity index (χ4n) is 1.19. The second-order valence-corrected chi connectivity index (χ2v) is 3.27. The molecule has 0 spiro atoms. The van der Waals surface area contributed by atoms with Crippen molar-refractivity contribution < 1.29 is 14.6 Å². The van der Waals surface area contributed by atoms with E-state index in [1.807, 2.05) is 19.9 Å². The molecule has 0 aromatic carbocycles. The molecule has 0 rings (SSSR count). The lowest BCUT2D eigenvalue weighted by Gasteiger charge is -2.12. The summed E-state index contributed by atoms with van der Waals surface area (Å²) in [5, 5.41) is 12.1. The van der Waals surface area contributed by atoms with E-state index < -0.39 is 0 Å². The van der Waals surface area contributed by atoms with Crippen LogP contribution in [0.5, 0.6) is 0 Å². The Balaban J connectivity index is 4.06. The fraction of sp³-hybridized carbons (Fsp3) is 0.727. The van der Waals surface area contributed by atoms with Crippen molar-refractivity contribution in [3.63, 3.8) is 0 Å². The van der Waals surface area contributed by atoms with Crippen LogP contribution < -0.4 is 5.32 Å². The molecule has 0 aliphatic heterocycles. The van der Waals surface area contributed by atoms with Gasteiger partial charge in [0.2, 0.25) is 0 Å². The summed E-state index contributed by atoms with van der Waals surface area (Å²) >= 11 is 0. The van der Waals surface area contributed by atoms with Crippen LogP contribution in [0.2, 0.25) is 0 Å². The van der Waals surface area contributed by atoms with Gasteiger partial charge >= 0.3 is 5.97 Å². The number of carbonyl (C=O) groups excluding carboxylic acids is 1. The number of carbonyl (C=O) groups is 1. The quantitative estimate of drug-likeness (QED) is 0.488. The Morgan fingerprint density at radius 1 is 1.53 bits per heavy atom. The smallest absolute Gasteiger partial charge is 0.333 e. The number of nitrogens with one attached hydrogen (secondary N) is 1. The van der Waals surface area contributed by atoms with E-state index >= 15 is 0 Å². The number of hydrogen-bond donors (Lipinski definition) is 2. The summed E-state index contributed by atoms with van der Waals surface area (Å²) in [6.45, 7) is 4.60. The van der Waals surface area contributed by atoms with Crippen molar-refractivity contribution >= 4 is 5.97 Å². The zero-order chi connectivity index (χ0) is 11.7. The van der Waals surface area contributed by atoms with Gasteiger partial charge in [-0.1, -0.05) is 19.9 Å². The Bertz CT molecular complexity index is 210. The van der Waals surface area contributed by atoms with Crippen LogP contribution in [-0.4, -0.2) is 37.4 Å². The summed E-state index contributed by atoms with van der Waals surface area (Å²) in [5.74, 6) is -0.281. The van der Waals surface area contributed by atoms with Crippen LogP contribution in [-0.2, 0) is 9.53 Å². The SMILES string of the molecule is CC/C(=C/CNC(CC)CO)C(=O)OC. The average Bonchev–Trinajstić information content (AvgIpc) is 2.28. The van der Waals surface area contributed by atoms with Gasteiger partial charge in [-0.3, -0.25) is 0 Å². The van der Waals surface area contributed by atoms with Gasteiger partial charge in [-0.05, 0) is 12.8 Å². The molecule has 4 nitrogen and oxygen atoms in total. The second kappa shape index (κ2) is 8.44. The van der Waals surface area contributed by atoms with Gasteiger partial charge in [0.15, 0.2) is 0 Å². The molecule has 0 fully saturated rings. The van der Waals surface area contributed by atoms with Crippen LogP contribution in [0.3, 0.4) is 0 Å². The molecule has 2 N–H and O–H groups in total. The highest BCUT2D eigenvalue weighted by molar-refractivity contribution is 5.88. The van der Waals surface area contributed by atoms with Gasteiger partial charge in [-0.2, -0.15) is 0 Å². The summed E-state index contributed by atoms with van der Waals surface area (Å²) in [6, 6.07) is 0.0944. The third-order valence-corrected chi connectivity index (χ3v) is 2.30. The van der Waals surface area contributed by atoms with E-state index in [1.54, 1.807) is 0 Å². The van der Waals surface area contributed by atoms with Crippen molar-refractivity contribution in [2.24, 2.45) is 0 Å². The van der Waals surface area contributed by atoms with Gasteiger partial charge in [0.05, 0.1) is 13.7 Å². The summed E-state index contributed by atoms with van der Waals surface area (Å²) < 4.78 is 4.63. The van der Waals surface area contributed by atoms with Crippen LogP contribution in [0.1, 0.15) is 26.7 Å². The van der Waals surface area contributed by atoms with E-state index in [1.165, 1.54) is 7.11 Å². The van der Waals surface area contributed by atoms with E-state index in [4.69, 9.17) is 5.11 Å². The minimum Gasteiger partial charge on any atom is -0.466 e. The lowest BCUT2D eigenvalue weighted by atomic mass is 10.2. The maximum Gasteiger partial charge on any atom is 0.333 e. The average molecular weight is 215 g/mol. The summed E-state index contributed by atoms with van der Waals surface area (Å²) in [7, 11) is 1.38. The van der Waals surface area contributed by atoms with Crippen molar-refractivity contribution in [2.75, 3.05) is 20.3 Å². The molecule has 0 bridgehead atoms. The van der Waals surface area contributed by atoms with Crippen molar-refractivity contribution in [1.82, 2.24) is 5.32 Å². The van der Waals surface area contributed by atoms with E-state index in [-0.39, 0.29) is 18.6 Å². The molecule has 1 atom stereocenters. The Kier molecular flexibility index (Phi) is 7.95. The van der Waals surface area contributed by atoms with E-state index in [0.717, 1.165) is 6.42 Å². The Morgan fingerprint density at radius 2 is 2.20 bits per heavy atom. The Labute approximate surface area is 91.3 Å². The summed E-state index contributed by atoms with van der Waals surface area (Å²) in [5.41, 5.74) is 0.665. The van der Waals surface area contributed by atoms with Gasteiger partial charge in [0, 0.05) is 18.2 Å². The molecule has 0 amide bonds. The van der Waals surface area contributed by atoms with Crippen LogP contribution >= 0.6 is 0 Å². The van der Waals surface area contributed by atoms with Crippen LogP contribution in [0.15, 0.2) is 11.6 Å². The highest BCUT2D eigenvalue weighted by Crippen LogP contribution is 2.02. The minimum atomic E-state index is -0.281. The van der Waals surface area contributed by atoms with Gasteiger partial charge in [0.25, 0.3) is 0 Å². The number of aliphatic hydroxyl groups excluding tert-OH is 1. The molecule has 0 aliphatic carbocycles. The zero-order valence-electron chi connectivity index (χ0n) is 9.75. The predicted octanol–water partition coefficient (Wildman–Crippen LogP) is 0.856. The van der Waals surface area contributed by atoms with Crippen molar-refractivity contribution in [3.05, 3.63) is 11.6 Å². The van der Waals surface area contributed by atoms with Crippen LogP contribution in [0.25, 0.3) is 0 Å². The van der Waals surface area contributed by atoms with Crippen molar-refractivity contribution in [1.29, 1.82) is 0 Å². The topological polar surface area (TPSA) is 58.6 Å². The lowest BCUT2D eigenvalue weighted by Crippen LogP contribution is -2.32. The van der Waals surface area contributed by atoms with Crippen LogP contribution in [0.4, 0.5) is 0 Å². The normalized spacial score (nSPS) is 13.7. The maximum atomic E-state index is 11.2. The molecule has 4 heteroatoms. The van der Waals surface area contributed by atoms with Gasteiger partial charge in [-0.25, -0.2) is 4.79 Å². The van der Waals surface area contributed by atoms with Crippen molar-refractivity contribution in [3.8, 4) is 0 Å². The molecular formula is C11H21NO3. The van der Waals surface area contributed by atoms with Gasteiger partial charge < -0.3 is 15.2 Å². The number of ether oxygens (including phenoxy) is 1. The van der Waals surface area contributed by atoms with E-state index in [0.29, 0.717) is 18.5 Å². The molecule has 0 saturated heterocycles. The van der Waals surface area contributed by atoms with Gasteiger partial charge in [-0.15, -0.1) is 0 Å². The number of hydrogen-bond acceptors (Lipinski definition) is 4. The molecular weight excluding hydrogens is 194 g/mol. The number of esters is 1. The Morgan fingerprint density at radius 3 is 2.60 bits per heavy atom. The first-order chi connectivity index (χ1) is 7.19. The Hall–Kier alpha value is -0.870. The lowest BCUT2D eigenvalue weighted by molar-refractivity contribution is -0.136. The third-order valence-electron chi connectivity index (χ3n) is 2.30. The first-order valence-corrected chi connectivity index (χ1v) is 5.31. The van der Waals surface area contributed by atoms with Crippen LogP contribution in [0, 0.1) is 0 Å². The predicted molar refractivity (Wildman–Crippen MR) is 59.6 cm³/mol. The molecule has 0 aromatic heterocycles.